The number of carbonyl (C=O) groups excluding carboxylic acids is 1. The molecule has 7 heteroatoms. The summed E-state index contributed by atoms with van der Waals surface area (Å²) in [5, 5.41) is 17.3. The summed E-state index contributed by atoms with van der Waals surface area (Å²) in [5.74, 6) is 0. The minimum Gasteiger partial charge on any atom is -0.324 e. The molecule has 0 saturated carbocycles. The molecule has 4 rings (SSSR count). The summed E-state index contributed by atoms with van der Waals surface area (Å²) in [6.07, 6.45) is 4.07. The number of aromatic amines is 1. The molecule has 2 aliphatic heterocycles. The van der Waals surface area contributed by atoms with Gasteiger partial charge in [-0.1, -0.05) is 23.7 Å². The smallest absolute Gasteiger partial charge is 0.320 e. The minimum atomic E-state index is 0.0749. The molecule has 2 aromatic rings. The summed E-state index contributed by atoms with van der Waals surface area (Å²) < 4.78 is 0. The van der Waals surface area contributed by atoms with E-state index in [1.54, 1.807) is 18.3 Å². The van der Waals surface area contributed by atoms with E-state index in [-0.39, 0.29) is 6.03 Å². The lowest BCUT2D eigenvalue weighted by Gasteiger charge is -2.35. The second-order valence-corrected chi connectivity index (χ2v) is 7.35. The van der Waals surface area contributed by atoms with Crippen LogP contribution in [0.4, 0.5) is 4.79 Å². The lowest BCUT2D eigenvalue weighted by atomic mass is 9.94. The number of allylic oxidation sites excluding steroid dienone is 1. The minimum absolute atomic E-state index is 0.0749. The van der Waals surface area contributed by atoms with Crippen molar-refractivity contribution in [3.8, 4) is 6.07 Å². The summed E-state index contributed by atoms with van der Waals surface area (Å²) in [5.41, 5.74) is 4.94. The van der Waals surface area contributed by atoms with Crippen LogP contribution in [0.2, 0.25) is 5.02 Å². The van der Waals surface area contributed by atoms with Crippen LogP contribution in [0.25, 0.3) is 5.57 Å². The van der Waals surface area contributed by atoms with Gasteiger partial charge in [0.15, 0.2) is 0 Å². The van der Waals surface area contributed by atoms with E-state index in [1.807, 2.05) is 21.9 Å². The van der Waals surface area contributed by atoms with Gasteiger partial charge in [-0.3, -0.25) is 5.10 Å². The van der Waals surface area contributed by atoms with Crippen molar-refractivity contribution in [2.45, 2.75) is 25.8 Å². The third-order valence-electron chi connectivity index (χ3n) is 5.31. The van der Waals surface area contributed by atoms with Gasteiger partial charge in [-0.15, -0.1) is 0 Å². The van der Waals surface area contributed by atoms with Gasteiger partial charge in [-0.2, -0.15) is 10.4 Å². The summed E-state index contributed by atoms with van der Waals surface area (Å²) in [7, 11) is 0. The molecule has 1 N–H and O–H groups in total. The Morgan fingerprint density at radius 2 is 1.81 bits per heavy atom. The Morgan fingerprint density at radius 3 is 2.52 bits per heavy atom. The summed E-state index contributed by atoms with van der Waals surface area (Å²) in [6.45, 7) is 2.60. The number of H-pyrrole nitrogens is 1. The molecule has 2 amide bonds. The van der Waals surface area contributed by atoms with E-state index in [4.69, 9.17) is 11.6 Å². The zero-order valence-corrected chi connectivity index (χ0v) is 15.7. The topological polar surface area (TPSA) is 76.0 Å². The van der Waals surface area contributed by atoms with Crippen LogP contribution < -0.4 is 0 Å². The molecule has 1 aromatic carbocycles. The van der Waals surface area contributed by atoms with Crippen molar-refractivity contribution >= 4 is 23.2 Å². The molecule has 0 unspecified atom stereocenters. The van der Waals surface area contributed by atoms with Gasteiger partial charge in [-0.25, -0.2) is 4.79 Å². The zero-order chi connectivity index (χ0) is 18.8. The van der Waals surface area contributed by atoms with Crippen molar-refractivity contribution in [2.75, 3.05) is 19.6 Å². The monoisotopic (exact) mass is 381 g/mol. The fourth-order valence-corrected chi connectivity index (χ4v) is 3.89. The standard InChI is InChI=1S/C20H20ClN5O/c21-17-3-1-14(2-4-17)18(11-22)15-5-8-25(9-6-15)20(27)26-10-7-19-16(13-26)12-23-24-19/h1-4,12H,5-10,13H2,(H,23,24). The lowest BCUT2D eigenvalue weighted by Crippen LogP contribution is -2.47. The van der Waals surface area contributed by atoms with Gasteiger partial charge >= 0.3 is 6.03 Å². The van der Waals surface area contributed by atoms with Gasteiger partial charge < -0.3 is 9.80 Å². The molecule has 138 valence electrons. The van der Waals surface area contributed by atoms with Crippen LogP contribution in [0.3, 0.4) is 0 Å². The lowest BCUT2D eigenvalue weighted by molar-refractivity contribution is 0.144. The largest absolute Gasteiger partial charge is 0.324 e. The van der Waals surface area contributed by atoms with Gasteiger partial charge in [0.05, 0.1) is 24.4 Å². The number of benzene rings is 1. The van der Waals surface area contributed by atoms with Gasteiger partial charge in [0.2, 0.25) is 0 Å². The van der Waals surface area contributed by atoms with Crippen molar-refractivity contribution in [3.05, 3.63) is 57.9 Å². The highest BCUT2D eigenvalue weighted by molar-refractivity contribution is 6.30. The maximum atomic E-state index is 12.9. The average molecular weight is 382 g/mol. The summed E-state index contributed by atoms with van der Waals surface area (Å²) in [4.78, 5) is 16.6. The predicted octanol–water partition coefficient (Wildman–Crippen LogP) is 3.61. The van der Waals surface area contributed by atoms with E-state index in [0.29, 0.717) is 36.8 Å². The Morgan fingerprint density at radius 1 is 1.11 bits per heavy atom. The molecular weight excluding hydrogens is 362 g/mol. The highest BCUT2D eigenvalue weighted by Gasteiger charge is 2.28. The van der Waals surface area contributed by atoms with Crippen LogP contribution >= 0.6 is 11.6 Å². The van der Waals surface area contributed by atoms with E-state index in [1.165, 1.54) is 0 Å². The highest BCUT2D eigenvalue weighted by Crippen LogP contribution is 2.28. The number of likely N-dealkylation sites (tertiary alicyclic amines) is 1. The fraction of sp³-hybridized carbons (Fsp3) is 0.350. The molecule has 27 heavy (non-hydrogen) atoms. The van der Waals surface area contributed by atoms with Gasteiger partial charge in [0.25, 0.3) is 0 Å². The van der Waals surface area contributed by atoms with Crippen molar-refractivity contribution in [2.24, 2.45) is 0 Å². The van der Waals surface area contributed by atoms with Crippen molar-refractivity contribution in [1.29, 1.82) is 5.26 Å². The number of piperidine rings is 1. The Hall–Kier alpha value is -2.78. The number of hydrogen-bond donors (Lipinski definition) is 1. The molecular formula is C20H20ClN5O. The maximum absolute atomic E-state index is 12.9. The predicted molar refractivity (Wildman–Crippen MR) is 103 cm³/mol. The van der Waals surface area contributed by atoms with Crippen molar-refractivity contribution in [3.63, 3.8) is 0 Å². The number of halogens is 1. The first-order valence-corrected chi connectivity index (χ1v) is 9.46. The third-order valence-corrected chi connectivity index (χ3v) is 5.56. The Balaban J connectivity index is 1.43. The third kappa shape index (κ3) is 3.56. The van der Waals surface area contributed by atoms with Crippen molar-refractivity contribution < 1.29 is 4.79 Å². The fourth-order valence-electron chi connectivity index (χ4n) is 3.77. The second-order valence-electron chi connectivity index (χ2n) is 6.91. The Bertz CT molecular complexity index is 915. The number of hydrogen-bond acceptors (Lipinski definition) is 3. The first-order chi connectivity index (χ1) is 13.2. The summed E-state index contributed by atoms with van der Waals surface area (Å²) >= 11 is 5.94. The molecule has 2 aliphatic rings. The van der Waals surface area contributed by atoms with Gasteiger partial charge in [0, 0.05) is 42.3 Å². The molecule has 1 fully saturated rings. The molecule has 0 bridgehead atoms. The SMILES string of the molecule is N#CC(=C1CCN(C(=O)N2CCc3[nH]ncc3C2)CC1)c1ccc(Cl)cc1. The normalized spacial score (nSPS) is 16.7. The Labute approximate surface area is 163 Å². The number of nitrogens with one attached hydrogen (secondary N) is 1. The van der Waals surface area contributed by atoms with Crippen LogP contribution in [0.5, 0.6) is 0 Å². The number of nitriles is 1. The van der Waals surface area contributed by atoms with E-state index < -0.39 is 0 Å². The molecule has 1 saturated heterocycles. The van der Waals surface area contributed by atoms with E-state index in [9.17, 15) is 10.1 Å². The molecule has 0 atom stereocenters. The zero-order valence-electron chi connectivity index (χ0n) is 14.9. The number of amides is 2. The average Bonchev–Trinajstić information content (AvgIpc) is 3.18. The number of carbonyl (C=O) groups is 1. The highest BCUT2D eigenvalue weighted by atomic mass is 35.5. The molecule has 0 radical (unpaired) electrons. The number of rotatable bonds is 1. The maximum Gasteiger partial charge on any atom is 0.320 e. The number of fused-ring (bicyclic) bond motifs is 1. The molecule has 3 heterocycles. The summed E-state index contributed by atoms with van der Waals surface area (Å²) in [6, 6.07) is 9.76. The molecule has 6 nitrogen and oxygen atoms in total. The van der Waals surface area contributed by atoms with Gasteiger partial charge in [0.1, 0.15) is 0 Å². The van der Waals surface area contributed by atoms with Crippen LogP contribution in [-0.2, 0) is 13.0 Å². The first-order valence-electron chi connectivity index (χ1n) is 9.08. The van der Waals surface area contributed by atoms with Gasteiger partial charge in [-0.05, 0) is 36.1 Å². The van der Waals surface area contributed by atoms with E-state index >= 15 is 0 Å². The second kappa shape index (κ2) is 7.45. The molecule has 0 spiro atoms. The van der Waals surface area contributed by atoms with Crippen molar-refractivity contribution in [1.82, 2.24) is 20.0 Å². The van der Waals surface area contributed by atoms with Crippen LogP contribution in [0.1, 0.15) is 29.7 Å². The van der Waals surface area contributed by atoms with Crippen LogP contribution in [0.15, 0.2) is 36.0 Å². The number of aromatic nitrogens is 2. The first kappa shape index (κ1) is 17.6. The van der Waals surface area contributed by atoms with Crippen LogP contribution in [-0.4, -0.2) is 45.7 Å². The number of nitrogens with zero attached hydrogens (tertiary/aromatic N) is 4. The molecule has 0 aliphatic carbocycles. The van der Waals surface area contributed by atoms with E-state index in [0.717, 1.165) is 41.7 Å². The van der Waals surface area contributed by atoms with Crippen LogP contribution in [0, 0.1) is 11.3 Å². The number of urea groups is 1. The Kier molecular flexibility index (Phi) is 4.87. The van der Waals surface area contributed by atoms with E-state index in [2.05, 4.69) is 16.3 Å². The molecule has 1 aromatic heterocycles. The quantitative estimate of drug-likeness (QED) is 0.766.